The van der Waals surface area contributed by atoms with Crippen LogP contribution in [0.4, 0.5) is 5.69 Å². The molecule has 0 aliphatic rings. The molecular formula is C14H21N3O3S. The largest absolute Gasteiger partial charge is 0.399 e. The van der Waals surface area contributed by atoms with E-state index in [1.165, 1.54) is 6.20 Å². The normalized spacial score (nSPS) is 12.9. The summed E-state index contributed by atoms with van der Waals surface area (Å²) >= 11 is 0. The van der Waals surface area contributed by atoms with Crippen molar-refractivity contribution in [3.63, 3.8) is 0 Å². The minimum Gasteiger partial charge on any atom is -0.399 e. The number of nitrogens with one attached hydrogen (secondary N) is 2. The Labute approximate surface area is 124 Å². The first-order valence-electron chi connectivity index (χ1n) is 6.72. The summed E-state index contributed by atoms with van der Waals surface area (Å²) < 4.78 is 27.4. The minimum atomic E-state index is -3.61. The molecule has 0 unspecified atom stereocenters. The van der Waals surface area contributed by atoms with Crippen LogP contribution in [-0.4, -0.2) is 31.7 Å². The molecule has 0 aliphatic carbocycles. The maximum absolute atomic E-state index is 12.4. The number of nitrogens with two attached hydrogens (primary N) is 1. The molecule has 0 bridgehead atoms. The molecule has 0 aliphatic heterocycles. The lowest BCUT2D eigenvalue weighted by Crippen LogP contribution is -2.34. The summed E-state index contributed by atoms with van der Waals surface area (Å²) in [4.78, 5) is 3.12. The lowest BCUT2D eigenvalue weighted by molar-refractivity contribution is 0.213. The molecule has 6 nitrogen and oxygen atoms in total. The molecular weight excluding hydrogens is 290 g/mol. The van der Waals surface area contributed by atoms with Crippen LogP contribution in [0.2, 0.25) is 0 Å². The van der Waals surface area contributed by atoms with Gasteiger partial charge in [0.1, 0.15) is 4.90 Å². The van der Waals surface area contributed by atoms with Gasteiger partial charge in [-0.2, -0.15) is 0 Å². The Bertz CT molecular complexity index is 735. The first kappa shape index (κ1) is 15.8. The van der Waals surface area contributed by atoms with Crippen molar-refractivity contribution in [1.82, 2.24) is 9.71 Å². The highest BCUT2D eigenvalue weighted by molar-refractivity contribution is 7.89. The fraction of sp³-hybridized carbons (Fsp3) is 0.429. The van der Waals surface area contributed by atoms with Crippen LogP contribution in [-0.2, 0) is 10.0 Å². The number of sulfonamides is 1. The zero-order chi connectivity index (χ0) is 15.7. The Morgan fingerprint density at radius 2 is 2.10 bits per heavy atom. The molecule has 0 amide bonds. The van der Waals surface area contributed by atoms with Crippen LogP contribution in [0.5, 0.6) is 0 Å². The van der Waals surface area contributed by atoms with Gasteiger partial charge in [-0.05, 0) is 30.0 Å². The van der Waals surface area contributed by atoms with Gasteiger partial charge in [0.15, 0.2) is 0 Å². The number of benzene rings is 1. The van der Waals surface area contributed by atoms with Crippen molar-refractivity contribution in [3.8, 4) is 0 Å². The molecule has 0 radical (unpaired) electrons. The molecule has 7 heteroatoms. The van der Waals surface area contributed by atoms with Gasteiger partial charge in [0.05, 0.1) is 0 Å². The standard InChI is InChI=1S/C14H21N3O3S/c1-14(2,5-6-18)9-17-21(19,20)13-8-16-12-7-10(15)3-4-11(12)13/h3-4,7-8,16-18H,5-6,9,15H2,1-2H3. The summed E-state index contributed by atoms with van der Waals surface area (Å²) in [5.74, 6) is 0. The van der Waals surface area contributed by atoms with Crippen LogP contribution in [0.1, 0.15) is 20.3 Å². The topological polar surface area (TPSA) is 108 Å². The third-order valence-corrected chi connectivity index (χ3v) is 4.93. The molecule has 0 saturated heterocycles. The Hall–Kier alpha value is -1.57. The fourth-order valence-corrected chi connectivity index (χ4v) is 3.52. The predicted octanol–water partition coefficient (Wildman–Crippen LogP) is 1.44. The first-order valence-corrected chi connectivity index (χ1v) is 8.21. The second kappa shape index (κ2) is 5.67. The van der Waals surface area contributed by atoms with Crippen molar-refractivity contribution < 1.29 is 13.5 Å². The lowest BCUT2D eigenvalue weighted by atomic mass is 9.90. The Morgan fingerprint density at radius 3 is 2.76 bits per heavy atom. The molecule has 0 spiro atoms. The van der Waals surface area contributed by atoms with E-state index in [1.54, 1.807) is 18.2 Å². The quantitative estimate of drug-likeness (QED) is 0.605. The molecule has 2 rings (SSSR count). The number of aromatic amines is 1. The molecule has 1 aromatic heterocycles. The molecule has 1 aromatic carbocycles. The van der Waals surface area contributed by atoms with Crippen molar-refractivity contribution in [3.05, 3.63) is 24.4 Å². The maximum Gasteiger partial charge on any atom is 0.242 e. The van der Waals surface area contributed by atoms with E-state index in [2.05, 4.69) is 9.71 Å². The molecule has 5 N–H and O–H groups in total. The average Bonchev–Trinajstić information content (AvgIpc) is 2.80. The van der Waals surface area contributed by atoms with Crippen molar-refractivity contribution in [2.24, 2.45) is 5.41 Å². The van der Waals surface area contributed by atoms with Gasteiger partial charge in [0.25, 0.3) is 0 Å². The summed E-state index contributed by atoms with van der Waals surface area (Å²) in [5.41, 5.74) is 6.63. The van der Waals surface area contributed by atoms with Gasteiger partial charge in [-0.3, -0.25) is 0 Å². The third kappa shape index (κ3) is 3.55. The number of hydrogen-bond donors (Lipinski definition) is 4. The van der Waals surface area contributed by atoms with Gasteiger partial charge >= 0.3 is 0 Å². The molecule has 2 aromatic rings. The number of fused-ring (bicyclic) bond motifs is 1. The third-order valence-electron chi connectivity index (χ3n) is 3.49. The van der Waals surface area contributed by atoms with Gasteiger partial charge < -0.3 is 15.8 Å². The Kier molecular flexibility index (Phi) is 4.27. The van der Waals surface area contributed by atoms with Crippen LogP contribution >= 0.6 is 0 Å². The number of anilines is 1. The summed E-state index contributed by atoms with van der Waals surface area (Å²) in [6.07, 6.45) is 1.99. The molecule has 0 saturated carbocycles. The highest BCUT2D eigenvalue weighted by Crippen LogP contribution is 2.25. The van der Waals surface area contributed by atoms with Gasteiger partial charge in [-0.25, -0.2) is 13.1 Å². The van der Waals surface area contributed by atoms with Gasteiger partial charge in [0.2, 0.25) is 10.0 Å². The summed E-state index contributed by atoms with van der Waals surface area (Å²) in [7, 11) is -3.61. The molecule has 21 heavy (non-hydrogen) atoms. The van der Waals surface area contributed by atoms with Crippen LogP contribution < -0.4 is 10.5 Å². The Balaban J connectivity index is 2.26. The zero-order valence-electron chi connectivity index (χ0n) is 12.2. The van der Waals surface area contributed by atoms with Crippen molar-refractivity contribution in [2.45, 2.75) is 25.2 Å². The first-order chi connectivity index (χ1) is 9.75. The van der Waals surface area contributed by atoms with Gasteiger partial charge in [-0.1, -0.05) is 13.8 Å². The second-order valence-corrected chi connectivity index (χ2v) is 7.66. The number of aromatic nitrogens is 1. The lowest BCUT2D eigenvalue weighted by Gasteiger charge is -2.23. The summed E-state index contributed by atoms with van der Waals surface area (Å²) in [6, 6.07) is 5.06. The number of aliphatic hydroxyl groups is 1. The number of rotatable bonds is 6. The number of hydrogen-bond acceptors (Lipinski definition) is 4. The summed E-state index contributed by atoms with van der Waals surface area (Å²) in [6.45, 7) is 4.10. The monoisotopic (exact) mass is 311 g/mol. The van der Waals surface area contributed by atoms with Crippen LogP contribution in [0.15, 0.2) is 29.3 Å². The maximum atomic E-state index is 12.4. The minimum absolute atomic E-state index is 0.0289. The highest BCUT2D eigenvalue weighted by Gasteiger charge is 2.24. The van der Waals surface area contributed by atoms with Crippen molar-refractivity contribution in [2.75, 3.05) is 18.9 Å². The van der Waals surface area contributed by atoms with Gasteiger partial charge in [-0.15, -0.1) is 0 Å². The van der Waals surface area contributed by atoms with E-state index < -0.39 is 10.0 Å². The van der Waals surface area contributed by atoms with Crippen molar-refractivity contribution in [1.29, 1.82) is 0 Å². The predicted molar refractivity (Wildman–Crippen MR) is 83.4 cm³/mol. The van der Waals surface area contributed by atoms with Gasteiger partial charge in [0, 0.05) is 35.9 Å². The zero-order valence-corrected chi connectivity index (χ0v) is 13.0. The molecule has 0 atom stereocenters. The van der Waals surface area contributed by atoms with E-state index in [1.807, 2.05) is 13.8 Å². The van der Waals surface area contributed by atoms with E-state index >= 15 is 0 Å². The fourth-order valence-electron chi connectivity index (χ4n) is 2.10. The smallest absolute Gasteiger partial charge is 0.242 e. The number of aliphatic hydroxyl groups excluding tert-OH is 1. The average molecular weight is 311 g/mol. The van der Waals surface area contributed by atoms with Crippen LogP contribution in [0.25, 0.3) is 10.9 Å². The van der Waals surface area contributed by atoms with Crippen LogP contribution in [0.3, 0.4) is 0 Å². The SMILES string of the molecule is CC(C)(CCO)CNS(=O)(=O)c1c[nH]c2cc(N)ccc12. The second-order valence-electron chi connectivity index (χ2n) is 5.92. The van der Waals surface area contributed by atoms with E-state index in [9.17, 15) is 8.42 Å². The highest BCUT2D eigenvalue weighted by atomic mass is 32.2. The van der Waals surface area contributed by atoms with E-state index in [0.29, 0.717) is 23.0 Å². The van der Waals surface area contributed by atoms with E-state index in [-0.39, 0.29) is 23.5 Å². The molecule has 116 valence electrons. The van der Waals surface area contributed by atoms with Crippen molar-refractivity contribution >= 4 is 26.6 Å². The molecule has 1 heterocycles. The van der Waals surface area contributed by atoms with E-state index in [0.717, 1.165) is 0 Å². The number of nitrogen functional groups attached to an aromatic ring is 1. The summed E-state index contributed by atoms with van der Waals surface area (Å²) in [5, 5.41) is 9.60. The molecule has 0 fully saturated rings. The van der Waals surface area contributed by atoms with Crippen LogP contribution in [0, 0.1) is 5.41 Å². The van der Waals surface area contributed by atoms with E-state index in [4.69, 9.17) is 10.8 Å². The Morgan fingerprint density at radius 1 is 1.38 bits per heavy atom. The number of H-pyrrole nitrogens is 1.